The van der Waals surface area contributed by atoms with Gasteiger partial charge in [-0.15, -0.1) is 0 Å². The second kappa shape index (κ2) is 3.72. The van der Waals surface area contributed by atoms with Crippen molar-refractivity contribution in [2.24, 2.45) is 5.73 Å². The highest BCUT2D eigenvalue weighted by molar-refractivity contribution is 7.90. The minimum absolute atomic E-state index is 0.305. The lowest BCUT2D eigenvalue weighted by Crippen LogP contribution is -2.44. The van der Waals surface area contributed by atoms with E-state index in [1.165, 1.54) is 6.26 Å². The summed E-state index contributed by atoms with van der Waals surface area (Å²) < 4.78 is 23.3. The van der Waals surface area contributed by atoms with E-state index in [4.69, 9.17) is 17.3 Å². The number of rotatable bonds is 2. The molecule has 2 N–H and O–H groups in total. The van der Waals surface area contributed by atoms with Crippen LogP contribution in [0.3, 0.4) is 0 Å². The molecular weight excluding hydrogens is 246 g/mol. The molecule has 1 saturated carbocycles. The largest absolute Gasteiger partial charge is 0.321 e. The van der Waals surface area contributed by atoms with Crippen LogP contribution in [0.2, 0.25) is 5.02 Å². The van der Waals surface area contributed by atoms with Crippen LogP contribution >= 0.6 is 11.6 Å². The Morgan fingerprint density at radius 2 is 2.00 bits per heavy atom. The number of benzene rings is 1. The van der Waals surface area contributed by atoms with Crippen LogP contribution in [-0.2, 0) is 15.4 Å². The van der Waals surface area contributed by atoms with Crippen molar-refractivity contribution < 1.29 is 8.42 Å². The molecule has 0 radical (unpaired) electrons. The summed E-state index contributed by atoms with van der Waals surface area (Å²) in [5.74, 6) is 0. The Kier molecular flexibility index (Phi) is 2.77. The summed E-state index contributed by atoms with van der Waals surface area (Å²) in [5, 5.41) is 0.527. The Morgan fingerprint density at radius 1 is 1.38 bits per heavy atom. The quantitative estimate of drug-likeness (QED) is 0.885. The first-order valence-electron chi connectivity index (χ1n) is 5.12. The molecule has 1 aliphatic carbocycles. The zero-order valence-electron chi connectivity index (χ0n) is 9.03. The zero-order chi connectivity index (χ0) is 12.0. The lowest BCUT2D eigenvalue weighted by atomic mass is 9.73. The summed E-state index contributed by atoms with van der Waals surface area (Å²) in [5.41, 5.74) is 6.32. The minimum atomic E-state index is -3.25. The van der Waals surface area contributed by atoms with Crippen molar-refractivity contribution in [1.82, 2.24) is 0 Å². The van der Waals surface area contributed by atoms with E-state index >= 15 is 0 Å². The van der Waals surface area contributed by atoms with E-state index < -0.39 is 15.4 Å². The molecule has 0 atom stereocenters. The first-order valence-corrected chi connectivity index (χ1v) is 7.39. The van der Waals surface area contributed by atoms with E-state index in [0.29, 0.717) is 15.5 Å². The van der Waals surface area contributed by atoms with Gasteiger partial charge in [0.15, 0.2) is 9.84 Å². The SMILES string of the molecule is CS(=O)(=O)c1ccc(Cl)cc1C1(N)CCC1. The number of halogens is 1. The fraction of sp³-hybridized carbons (Fsp3) is 0.455. The van der Waals surface area contributed by atoms with Crippen molar-refractivity contribution in [2.75, 3.05) is 6.26 Å². The van der Waals surface area contributed by atoms with Gasteiger partial charge in [0.25, 0.3) is 0 Å². The Morgan fingerprint density at radius 3 is 2.44 bits per heavy atom. The fourth-order valence-corrected chi connectivity index (χ4v) is 3.19. The van der Waals surface area contributed by atoms with Crippen molar-refractivity contribution >= 4 is 21.4 Å². The minimum Gasteiger partial charge on any atom is -0.321 e. The van der Waals surface area contributed by atoms with Gasteiger partial charge >= 0.3 is 0 Å². The highest BCUT2D eigenvalue weighted by Crippen LogP contribution is 2.42. The summed E-state index contributed by atoms with van der Waals surface area (Å²) in [6.45, 7) is 0. The van der Waals surface area contributed by atoms with Crippen molar-refractivity contribution in [3.63, 3.8) is 0 Å². The number of sulfone groups is 1. The number of hydrogen-bond acceptors (Lipinski definition) is 3. The maximum atomic E-state index is 11.7. The Balaban J connectivity index is 2.62. The van der Waals surface area contributed by atoms with Crippen molar-refractivity contribution in [2.45, 2.75) is 29.7 Å². The summed E-state index contributed by atoms with van der Waals surface area (Å²) in [6, 6.07) is 4.81. The van der Waals surface area contributed by atoms with Crippen LogP contribution in [0.4, 0.5) is 0 Å². The average molecular weight is 260 g/mol. The second-order valence-corrected chi connectivity index (χ2v) is 6.84. The maximum Gasteiger partial charge on any atom is 0.175 e. The van der Waals surface area contributed by atoms with Crippen LogP contribution in [0.15, 0.2) is 23.1 Å². The first kappa shape index (κ1) is 11.9. The normalized spacial score (nSPS) is 19.2. The van der Waals surface area contributed by atoms with E-state index in [1.807, 2.05) is 0 Å². The third-order valence-corrected chi connectivity index (χ3v) is 4.51. The molecular formula is C11H14ClNO2S. The lowest BCUT2D eigenvalue weighted by Gasteiger charge is -2.39. The van der Waals surface area contributed by atoms with Gasteiger partial charge in [0.2, 0.25) is 0 Å². The molecule has 0 saturated heterocycles. The van der Waals surface area contributed by atoms with Crippen LogP contribution < -0.4 is 5.73 Å². The summed E-state index contributed by atoms with van der Waals surface area (Å²) in [7, 11) is -3.25. The van der Waals surface area contributed by atoms with Gasteiger partial charge in [-0.3, -0.25) is 0 Å². The van der Waals surface area contributed by atoms with Gasteiger partial charge in [-0.1, -0.05) is 11.6 Å². The predicted octanol–water partition coefficient (Wildman–Crippen LogP) is 2.08. The molecule has 1 aliphatic rings. The molecule has 2 rings (SSSR count). The van der Waals surface area contributed by atoms with Gasteiger partial charge in [0, 0.05) is 16.8 Å². The van der Waals surface area contributed by atoms with Crippen LogP contribution in [0.5, 0.6) is 0 Å². The lowest BCUT2D eigenvalue weighted by molar-refractivity contribution is 0.249. The molecule has 0 aromatic heterocycles. The van der Waals surface area contributed by atoms with Crippen LogP contribution in [0.1, 0.15) is 24.8 Å². The van der Waals surface area contributed by atoms with E-state index in [1.54, 1.807) is 18.2 Å². The molecule has 0 spiro atoms. The molecule has 1 fully saturated rings. The molecule has 1 aromatic rings. The Bertz CT molecular complexity index is 521. The Hall–Kier alpha value is -0.580. The van der Waals surface area contributed by atoms with E-state index in [9.17, 15) is 8.42 Å². The first-order chi connectivity index (χ1) is 7.33. The molecule has 16 heavy (non-hydrogen) atoms. The van der Waals surface area contributed by atoms with E-state index in [-0.39, 0.29) is 0 Å². The summed E-state index contributed by atoms with van der Waals surface area (Å²) in [6.07, 6.45) is 3.86. The molecule has 3 nitrogen and oxygen atoms in total. The van der Waals surface area contributed by atoms with Gasteiger partial charge < -0.3 is 5.73 Å². The summed E-state index contributed by atoms with van der Waals surface area (Å²) >= 11 is 5.90. The van der Waals surface area contributed by atoms with Crippen molar-refractivity contribution in [1.29, 1.82) is 0 Å². The monoisotopic (exact) mass is 259 g/mol. The predicted molar refractivity (Wildman–Crippen MR) is 64.3 cm³/mol. The van der Waals surface area contributed by atoms with Crippen LogP contribution in [-0.4, -0.2) is 14.7 Å². The van der Waals surface area contributed by atoms with Gasteiger partial charge in [0.1, 0.15) is 0 Å². The molecule has 0 bridgehead atoms. The molecule has 0 amide bonds. The van der Waals surface area contributed by atoms with Gasteiger partial charge in [-0.05, 0) is 43.0 Å². The maximum absolute atomic E-state index is 11.7. The Labute approximate surface area is 101 Å². The fourth-order valence-electron chi connectivity index (χ4n) is 2.04. The zero-order valence-corrected chi connectivity index (χ0v) is 10.6. The summed E-state index contributed by atoms with van der Waals surface area (Å²) in [4.78, 5) is 0.305. The highest BCUT2D eigenvalue weighted by atomic mass is 35.5. The number of hydrogen-bond donors (Lipinski definition) is 1. The number of nitrogens with two attached hydrogens (primary N) is 1. The van der Waals surface area contributed by atoms with Crippen molar-refractivity contribution in [3.05, 3.63) is 28.8 Å². The van der Waals surface area contributed by atoms with Crippen molar-refractivity contribution in [3.8, 4) is 0 Å². The molecule has 0 heterocycles. The standard InChI is InChI=1S/C11H14ClNO2S/c1-16(14,15)10-4-3-8(12)7-9(10)11(13)5-2-6-11/h3-4,7H,2,5-6,13H2,1H3. The third-order valence-electron chi connectivity index (χ3n) is 3.12. The van der Waals surface area contributed by atoms with Gasteiger partial charge in [-0.25, -0.2) is 8.42 Å². The molecule has 0 aliphatic heterocycles. The van der Waals surface area contributed by atoms with E-state index in [2.05, 4.69) is 0 Å². The topological polar surface area (TPSA) is 60.2 Å². The van der Waals surface area contributed by atoms with Gasteiger partial charge in [-0.2, -0.15) is 0 Å². The average Bonchev–Trinajstić information content (AvgIpc) is 2.12. The van der Waals surface area contributed by atoms with Gasteiger partial charge in [0.05, 0.1) is 4.90 Å². The molecule has 1 aromatic carbocycles. The van der Waals surface area contributed by atoms with Crippen LogP contribution in [0, 0.1) is 0 Å². The molecule has 5 heteroatoms. The smallest absolute Gasteiger partial charge is 0.175 e. The molecule has 0 unspecified atom stereocenters. The van der Waals surface area contributed by atoms with E-state index in [0.717, 1.165) is 19.3 Å². The third kappa shape index (κ3) is 1.97. The molecule has 88 valence electrons. The highest BCUT2D eigenvalue weighted by Gasteiger charge is 2.37. The second-order valence-electron chi connectivity index (χ2n) is 4.42. The van der Waals surface area contributed by atoms with Crippen LogP contribution in [0.25, 0.3) is 0 Å².